The number of nitrogens with zero attached hydrogens (tertiary/aromatic N) is 4. The van der Waals surface area contributed by atoms with E-state index >= 15 is 0 Å². The zero-order valence-electron chi connectivity index (χ0n) is 12.6. The van der Waals surface area contributed by atoms with E-state index in [9.17, 15) is 0 Å². The van der Waals surface area contributed by atoms with Gasteiger partial charge < -0.3 is 4.57 Å². The molecule has 0 saturated carbocycles. The number of halogens is 1. The van der Waals surface area contributed by atoms with Gasteiger partial charge in [0.25, 0.3) is 0 Å². The van der Waals surface area contributed by atoms with E-state index in [0.29, 0.717) is 5.88 Å². The number of aryl methyl sites for hydroxylation is 1. The highest BCUT2D eigenvalue weighted by Gasteiger charge is 2.14. The summed E-state index contributed by atoms with van der Waals surface area (Å²) in [5.74, 6) is 2.47. The van der Waals surface area contributed by atoms with E-state index in [1.165, 1.54) is 0 Å². The summed E-state index contributed by atoms with van der Waals surface area (Å²) in [6.45, 7) is 2.01. The van der Waals surface area contributed by atoms with Gasteiger partial charge in [-0.3, -0.25) is 4.98 Å². The van der Waals surface area contributed by atoms with Crippen LogP contribution in [0.4, 0.5) is 0 Å². The van der Waals surface area contributed by atoms with E-state index in [-0.39, 0.29) is 0 Å². The van der Waals surface area contributed by atoms with Crippen LogP contribution in [0, 0.1) is 6.92 Å². The molecule has 1 aromatic carbocycles. The van der Waals surface area contributed by atoms with Crippen molar-refractivity contribution in [3.8, 4) is 11.4 Å². The summed E-state index contributed by atoms with van der Waals surface area (Å²) >= 11 is 7.40. The first-order chi connectivity index (χ1) is 10.7. The molecule has 114 valence electrons. The fourth-order valence-electron chi connectivity index (χ4n) is 2.33. The van der Waals surface area contributed by atoms with Crippen LogP contribution in [0.3, 0.4) is 0 Å². The van der Waals surface area contributed by atoms with Gasteiger partial charge in [-0.15, -0.1) is 21.8 Å². The number of pyridine rings is 1. The van der Waals surface area contributed by atoms with Gasteiger partial charge in [0.2, 0.25) is 0 Å². The van der Waals surface area contributed by atoms with Crippen molar-refractivity contribution in [1.82, 2.24) is 19.7 Å². The normalized spacial score (nSPS) is 11.2. The number of thioether (sulfide) groups is 1. The molecule has 4 nitrogen and oxygen atoms in total. The largest absolute Gasteiger partial charge is 0.305 e. The highest BCUT2D eigenvalue weighted by Crippen LogP contribution is 2.27. The Balaban J connectivity index is 1.99. The van der Waals surface area contributed by atoms with Gasteiger partial charge in [-0.1, -0.05) is 30.0 Å². The van der Waals surface area contributed by atoms with Crippen molar-refractivity contribution >= 4 is 34.3 Å². The van der Waals surface area contributed by atoms with Crippen molar-refractivity contribution < 1.29 is 0 Å². The van der Waals surface area contributed by atoms with Crippen molar-refractivity contribution in [3.63, 3.8) is 0 Å². The number of alkyl halides is 1. The third-order valence-electron chi connectivity index (χ3n) is 3.50. The average molecular weight is 333 g/mol. The van der Waals surface area contributed by atoms with Crippen LogP contribution >= 0.6 is 23.4 Å². The summed E-state index contributed by atoms with van der Waals surface area (Å²) < 4.78 is 2.03. The molecule has 2 heterocycles. The van der Waals surface area contributed by atoms with Crippen LogP contribution in [0.25, 0.3) is 22.3 Å². The monoisotopic (exact) mass is 332 g/mol. The van der Waals surface area contributed by atoms with Gasteiger partial charge >= 0.3 is 0 Å². The number of benzene rings is 1. The van der Waals surface area contributed by atoms with E-state index in [1.54, 1.807) is 11.8 Å². The van der Waals surface area contributed by atoms with Gasteiger partial charge in [0.15, 0.2) is 11.0 Å². The van der Waals surface area contributed by atoms with E-state index in [4.69, 9.17) is 11.6 Å². The number of fused-ring (bicyclic) bond motifs is 1. The van der Waals surface area contributed by atoms with Crippen LogP contribution in [0.1, 0.15) is 12.1 Å². The Morgan fingerprint density at radius 1 is 1.23 bits per heavy atom. The van der Waals surface area contributed by atoms with Crippen molar-refractivity contribution in [1.29, 1.82) is 0 Å². The van der Waals surface area contributed by atoms with Crippen LogP contribution in [0.15, 0.2) is 35.5 Å². The predicted octanol–water partition coefficient (Wildman–Crippen LogP) is 4.06. The molecule has 0 spiro atoms. The highest BCUT2D eigenvalue weighted by atomic mass is 35.5. The molecule has 0 N–H and O–H groups in total. The maximum absolute atomic E-state index is 5.72. The second-order valence-corrected chi connectivity index (χ2v) is 6.51. The third-order valence-corrected chi connectivity index (χ3v) is 4.87. The molecular formula is C16H17ClN4S. The minimum Gasteiger partial charge on any atom is -0.305 e. The number of aromatic nitrogens is 4. The van der Waals surface area contributed by atoms with E-state index in [0.717, 1.165) is 45.3 Å². The molecule has 0 aliphatic heterocycles. The van der Waals surface area contributed by atoms with Gasteiger partial charge in [0.05, 0.1) is 5.52 Å². The average Bonchev–Trinajstić information content (AvgIpc) is 2.88. The Bertz CT molecular complexity index is 800. The Labute approximate surface area is 138 Å². The highest BCUT2D eigenvalue weighted by molar-refractivity contribution is 7.99. The quantitative estimate of drug-likeness (QED) is 0.401. The van der Waals surface area contributed by atoms with Crippen LogP contribution in [-0.4, -0.2) is 31.4 Å². The fraction of sp³-hybridized carbons (Fsp3) is 0.312. The molecule has 22 heavy (non-hydrogen) atoms. The molecule has 0 radical (unpaired) electrons. The first-order valence-electron chi connectivity index (χ1n) is 7.15. The lowest BCUT2D eigenvalue weighted by Crippen LogP contribution is -1.98. The summed E-state index contributed by atoms with van der Waals surface area (Å²) in [6.07, 6.45) is 0.963. The SMILES string of the molecule is Cc1nc2ccccc2cc1-c1nnc(SCCCCl)n1C. The predicted molar refractivity (Wildman–Crippen MR) is 92.5 cm³/mol. The Morgan fingerprint density at radius 3 is 2.86 bits per heavy atom. The van der Waals surface area contributed by atoms with E-state index in [1.807, 2.05) is 36.7 Å². The lowest BCUT2D eigenvalue weighted by atomic mass is 10.1. The van der Waals surface area contributed by atoms with Crippen molar-refractivity contribution in [2.75, 3.05) is 11.6 Å². The maximum atomic E-state index is 5.72. The van der Waals surface area contributed by atoms with E-state index < -0.39 is 0 Å². The lowest BCUT2D eigenvalue weighted by Gasteiger charge is -2.08. The summed E-state index contributed by atoms with van der Waals surface area (Å²) in [5.41, 5.74) is 2.99. The first kappa shape index (κ1) is 15.3. The van der Waals surface area contributed by atoms with Gasteiger partial charge in [-0.05, 0) is 25.5 Å². The number of para-hydroxylation sites is 1. The van der Waals surface area contributed by atoms with Crippen molar-refractivity contribution in [2.45, 2.75) is 18.5 Å². The minimum atomic E-state index is 0.672. The molecule has 0 fully saturated rings. The molecule has 6 heteroatoms. The number of rotatable bonds is 5. The Kier molecular flexibility index (Phi) is 4.64. The Hall–Kier alpha value is -1.59. The molecule has 0 unspecified atom stereocenters. The fourth-order valence-corrected chi connectivity index (χ4v) is 3.47. The topological polar surface area (TPSA) is 43.6 Å². The second kappa shape index (κ2) is 6.67. The van der Waals surface area contributed by atoms with Crippen LogP contribution in [-0.2, 0) is 7.05 Å². The minimum absolute atomic E-state index is 0.672. The molecule has 2 aromatic heterocycles. The Morgan fingerprint density at radius 2 is 2.05 bits per heavy atom. The second-order valence-electron chi connectivity index (χ2n) is 5.07. The molecule has 0 aliphatic rings. The van der Waals surface area contributed by atoms with Gasteiger partial charge in [-0.2, -0.15) is 0 Å². The summed E-state index contributed by atoms with van der Waals surface area (Å²) in [4.78, 5) is 4.67. The third kappa shape index (κ3) is 2.96. The summed E-state index contributed by atoms with van der Waals surface area (Å²) in [5, 5.41) is 10.7. The van der Waals surface area contributed by atoms with Crippen LogP contribution < -0.4 is 0 Å². The lowest BCUT2D eigenvalue weighted by molar-refractivity contribution is 0.792. The summed E-state index contributed by atoms with van der Waals surface area (Å²) in [6, 6.07) is 10.2. The van der Waals surface area contributed by atoms with Crippen molar-refractivity contribution in [3.05, 3.63) is 36.0 Å². The molecule has 0 aliphatic carbocycles. The molecule has 0 atom stereocenters. The zero-order valence-corrected chi connectivity index (χ0v) is 14.2. The van der Waals surface area contributed by atoms with Gasteiger partial charge in [0.1, 0.15) is 0 Å². The number of hydrogen-bond acceptors (Lipinski definition) is 4. The maximum Gasteiger partial charge on any atom is 0.191 e. The standard InChI is InChI=1S/C16H17ClN4S/c1-11-13(10-12-6-3-4-7-14(12)18-11)15-19-20-16(21(15)2)22-9-5-8-17/h3-4,6-7,10H,5,8-9H2,1-2H3. The summed E-state index contributed by atoms with van der Waals surface area (Å²) in [7, 11) is 1.99. The van der Waals surface area contributed by atoms with Crippen molar-refractivity contribution in [2.24, 2.45) is 7.05 Å². The van der Waals surface area contributed by atoms with Crippen LogP contribution in [0.2, 0.25) is 0 Å². The molecular weight excluding hydrogens is 316 g/mol. The molecule has 0 bridgehead atoms. The van der Waals surface area contributed by atoms with Crippen LogP contribution in [0.5, 0.6) is 0 Å². The van der Waals surface area contributed by atoms with Gasteiger partial charge in [-0.25, -0.2) is 0 Å². The molecule has 0 saturated heterocycles. The molecule has 0 amide bonds. The first-order valence-corrected chi connectivity index (χ1v) is 8.67. The zero-order chi connectivity index (χ0) is 15.5. The molecule has 3 rings (SSSR count). The molecule has 3 aromatic rings. The van der Waals surface area contributed by atoms with Gasteiger partial charge in [0, 0.05) is 35.3 Å². The smallest absolute Gasteiger partial charge is 0.191 e. The number of hydrogen-bond donors (Lipinski definition) is 0. The van der Waals surface area contributed by atoms with E-state index in [2.05, 4.69) is 27.3 Å².